The third-order valence-electron chi connectivity index (χ3n) is 5.64. The number of nitrogens with zero attached hydrogens (tertiary/aromatic N) is 5. The van der Waals surface area contributed by atoms with Gasteiger partial charge >= 0.3 is 0 Å². The van der Waals surface area contributed by atoms with Gasteiger partial charge in [-0.1, -0.05) is 0 Å². The molecule has 0 unspecified atom stereocenters. The smallest absolute Gasteiger partial charge is 0.297 e. The Morgan fingerprint density at radius 2 is 1.74 bits per heavy atom. The lowest BCUT2D eigenvalue weighted by Gasteiger charge is -2.25. The molecule has 0 aromatic heterocycles. The van der Waals surface area contributed by atoms with E-state index >= 15 is 0 Å². The van der Waals surface area contributed by atoms with E-state index in [4.69, 9.17) is 9.47 Å². The molecule has 3 rings (SSSR count). The number of nitro groups is 1. The van der Waals surface area contributed by atoms with Crippen LogP contribution in [0.4, 0.5) is 28.4 Å². The number of nitrogens with one attached hydrogen (secondary N) is 1. The number of methoxy groups -OCH3 is 2. The number of sulfonamides is 1. The van der Waals surface area contributed by atoms with Gasteiger partial charge in [-0.25, -0.2) is 12.7 Å². The Morgan fingerprint density at radius 3 is 2.29 bits per heavy atom. The topological polar surface area (TPSA) is 173 Å². The Kier molecular flexibility index (Phi) is 9.08. The monoisotopic (exact) mass is 548 g/mol. The van der Waals surface area contributed by atoms with Crippen LogP contribution in [0.3, 0.4) is 0 Å². The molecule has 14 nitrogen and oxygen atoms in total. The van der Waals surface area contributed by atoms with Gasteiger partial charge in [-0.2, -0.15) is 0 Å². The molecule has 0 fully saturated rings. The van der Waals surface area contributed by atoms with Crippen molar-refractivity contribution in [1.29, 1.82) is 0 Å². The second-order valence-corrected chi connectivity index (χ2v) is 9.96. The van der Waals surface area contributed by atoms with E-state index < -0.39 is 26.5 Å². The maximum Gasteiger partial charge on any atom is 0.297 e. The van der Waals surface area contributed by atoms with Gasteiger partial charge in [0.15, 0.2) is 5.69 Å². The Bertz CT molecular complexity index is 1370. The van der Waals surface area contributed by atoms with Crippen molar-refractivity contribution in [1.82, 2.24) is 4.31 Å². The third-order valence-corrected chi connectivity index (χ3v) is 7.54. The number of hydrogen-bond acceptors (Lipinski definition) is 11. The van der Waals surface area contributed by atoms with Crippen molar-refractivity contribution >= 4 is 50.3 Å². The van der Waals surface area contributed by atoms with Crippen LogP contribution in [-0.2, 0) is 24.3 Å². The van der Waals surface area contributed by atoms with E-state index in [9.17, 15) is 28.1 Å². The number of ether oxygens (including phenoxy) is 2. The lowest BCUT2D eigenvalue weighted by molar-refractivity contribution is -0.384. The molecule has 15 heteroatoms. The molecule has 2 aromatic rings. The summed E-state index contributed by atoms with van der Waals surface area (Å²) in [4.78, 5) is 36.9. The summed E-state index contributed by atoms with van der Waals surface area (Å²) >= 11 is 0. The van der Waals surface area contributed by atoms with Gasteiger partial charge in [0.25, 0.3) is 21.6 Å². The SMILES string of the molecule is CCN1C(=O)c2cc([N+](=O)[O-])c(N=Nc3ccc(N(CCOC)CCOC)cc3NC(C)=O)cc2S1(=O)=O. The highest BCUT2D eigenvalue weighted by Crippen LogP contribution is 2.40. The highest BCUT2D eigenvalue weighted by atomic mass is 32.2. The van der Waals surface area contributed by atoms with Crippen LogP contribution in [0.1, 0.15) is 24.2 Å². The van der Waals surface area contributed by atoms with Gasteiger partial charge in [0.1, 0.15) is 10.6 Å². The van der Waals surface area contributed by atoms with E-state index in [1.807, 2.05) is 4.90 Å². The molecular formula is C23H28N6O8S. The molecular weight excluding hydrogens is 520 g/mol. The predicted molar refractivity (Wildman–Crippen MR) is 138 cm³/mol. The molecule has 2 amide bonds. The summed E-state index contributed by atoms with van der Waals surface area (Å²) in [5.41, 5.74) is -0.0593. The van der Waals surface area contributed by atoms with Crippen molar-refractivity contribution in [3.8, 4) is 0 Å². The number of amides is 2. The summed E-state index contributed by atoms with van der Waals surface area (Å²) < 4.78 is 36.5. The number of carbonyl (C=O) groups excluding carboxylic acids is 2. The molecule has 2 aromatic carbocycles. The van der Waals surface area contributed by atoms with Crippen LogP contribution in [-0.4, -0.2) is 76.5 Å². The first kappa shape index (κ1) is 28.6. The molecule has 0 aliphatic carbocycles. The molecule has 1 aliphatic heterocycles. The summed E-state index contributed by atoms with van der Waals surface area (Å²) in [6.07, 6.45) is 0. The van der Waals surface area contributed by atoms with Crippen molar-refractivity contribution in [2.75, 3.05) is 57.3 Å². The molecule has 0 radical (unpaired) electrons. The summed E-state index contributed by atoms with van der Waals surface area (Å²) in [6, 6.07) is 6.81. The third kappa shape index (κ3) is 5.95. The Morgan fingerprint density at radius 1 is 1.11 bits per heavy atom. The van der Waals surface area contributed by atoms with Crippen LogP contribution in [0.15, 0.2) is 45.5 Å². The molecule has 1 heterocycles. The average Bonchev–Trinajstić information content (AvgIpc) is 3.06. The average molecular weight is 549 g/mol. The van der Waals surface area contributed by atoms with Crippen molar-refractivity contribution < 1.29 is 32.4 Å². The number of anilines is 2. The molecule has 204 valence electrons. The lowest BCUT2D eigenvalue weighted by atomic mass is 10.1. The second-order valence-electron chi connectivity index (χ2n) is 8.12. The maximum atomic E-state index is 12.8. The van der Waals surface area contributed by atoms with Crippen LogP contribution < -0.4 is 10.2 Å². The zero-order chi connectivity index (χ0) is 28.0. The van der Waals surface area contributed by atoms with Gasteiger partial charge in [0.2, 0.25) is 5.91 Å². The standard InChI is InChI=1S/C23H28N6O8S/c1-5-28-23(31)17-13-21(29(32)33)20(14-22(17)38(28,34)35)26-25-18-7-6-16(12-19(18)24-15(2)30)27(8-10-36-3)9-11-37-4/h6-7,12-14H,5,8-11H2,1-4H3,(H,24,30). The first-order valence-electron chi connectivity index (χ1n) is 11.5. The number of carbonyl (C=O) groups is 2. The van der Waals surface area contributed by atoms with E-state index in [1.165, 1.54) is 13.8 Å². The summed E-state index contributed by atoms with van der Waals surface area (Å²) in [5, 5.41) is 22.4. The lowest BCUT2D eigenvalue weighted by Crippen LogP contribution is -2.30. The largest absolute Gasteiger partial charge is 0.383 e. The number of azo groups is 1. The van der Waals surface area contributed by atoms with Gasteiger partial charge in [0.05, 0.1) is 29.4 Å². The van der Waals surface area contributed by atoms with Gasteiger partial charge in [-0.05, 0) is 31.2 Å². The highest BCUT2D eigenvalue weighted by Gasteiger charge is 2.42. The summed E-state index contributed by atoms with van der Waals surface area (Å²) in [5.74, 6) is -1.23. The zero-order valence-electron chi connectivity index (χ0n) is 21.3. The van der Waals surface area contributed by atoms with Crippen molar-refractivity contribution in [3.05, 3.63) is 46.0 Å². The van der Waals surface area contributed by atoms with Gasteiger partial charge in [0, 0.05) is 52.5 Å². The van der Waals surface area contributed by atoms with Crippen LogP contribution in [0.5, 0.6) is 0 Å². The minimum Gasteiger partial charge on any atom is -0.383 e. The van der Waals surface area contributed by atoms with E-state index in [1.54, 1.807) is 32.4 Å². The minimum atomic E-state index is -4.17. The van der Waals surface area contributed by atoms with Crippen LogP contribution in [0, 0.1) is 10.1 Å². The molecule has 1 aliphatic rings. The van der Waals surface area contributed by atoms with Gasteiger partial charge in [-0.15, -0.1) is 10.2 Å². The van der Waals surface area contributed by atoms with Crippen molar-refractivity contribution in [3.63, 3.8) is 0 Å². The zero-order valence-corrected chi connectivity index (χ0v) is 22.1. The van der Waals surface area contributed by atoms with Crippen molar-refractivity contribution in [2.24, 2.45) is 10.2 Å². The number of hydrogen-bond donors (Lipinski definition) is 1. The predicted octanol–water partition coefficient (Wildman–Crippen LogP) is 3.23. The summed E-state index contributed by atoms with van der Waals surface area (Å²) in [6.45, 7) is 4.65. The Balaban J connectivity index is 2.06. The molecule has 0 saturated carbocycles. The first-order chi connectivity index (χ1) is 18.0. The molecule has 1 N–H and O–H groups in total. The van der Waals surface area contributed by atoms with E-state index in [0.29, 0.717) is 30.6 Å². The molecule has 38 heavy (non-hydrogen) atoms. The first-order valence-corrected chi connectivity index (χ1v) is 12.9. The quantitative estimate of drug-likeness (QED) is 0.237. The summed E-state index contributed by atoms with van der Waals surface area (Å²) in [7, 11) is -1.01. The molecule has 0 spiro atoms. The fourth-order valence-corrected chi connectivity index (χ4v) is 5.40. The van der Waals surface area contributed by atoms with Gasteiger partial charge < -0.3 is 19.7 Å². The van der Waals surface area contributed by atoms with E-state index in [0.717, 1.165) is 17.8 Å². The number of rotatable bonds is 12. The molecule has 0 atom stereocenters. The normalized spacial score (nSPS) is 14.1. The van der Waals surface area contributed by atoms with Crippen LogP contribution in [0.25, 0.3) is 0 Å². The molecule has 0 bridgehead atoms. The molecule has 0 saturated heterocycles. The van der Waals surface area contributed by atoms with E-state index in [2.05, 4.69) is 15.5 Å². The second kappa shape index (κ2) is 12.1. The minimum absolute atomic E-state index is 0.126. The Labute approximate surface area is 219 Å². The fourth-order valence-electron chi connectivity index (χ4n) is 3.82. The number of fused-ring (bicyclic) bond motifs is 1. The number of benzene rings is 2. The number of nitro benzene ring substituents is 1. The van der Waals surface area contributed by atoms with Crippen LogP contribution >= 0.6 is 0 Å². The van der Waals surface area contributed by atoms with Crippen molar-refractivity contribution in [2.45, 2.75) is 18.7 Å². The maximum absolute atomic E-state index is 12.8. The van der Waals surface area contributed by atoms with E-state index in [-0.39, 0.29) is 40.0 Å². The highest BCUT2D eigenvalue weighted by molar-refractivity contribution is 7.90. The van der Waals surface area contributed by atoms with Gasteiger partial charge in [-0.3, -0.25) is 19.7 Å². The Hall–Kier alpha value is -3.95. The van der Waals surface area contributed by atoms with Crippen LogP contribution in [0.2, 0.25) is 0 Å². The fraction of sp³-hybridized carbons (Fsp3) is 0.391.